The van der Waals surface area contributed by atoms with Crippen LogP contribution in [0.3, 0.4) is 0 Å². The molecule has 88 valence electrons. The van der Waals surface area contributed by atoms with Gasteiger partial charge in [0, 0.05) is 0 Å². The van der Waals surface area contributed by atoms with Gasteiger partial charge in [-0.2, -0.15) is 0 Å². The van der Waals surface area contributed by atoms with E-state index in [9.17, 15) is 9.90 Å². The number of carboxylic acids is 1. The first-order chi connectivity index (χ1) is 8.09. The van der Waals surface area contributed by atoms with E-state index < -0.39 is 12.1 Å². The van der Waals surface area contributed by atoms with E-state index in [2.05, 4.69) is 0 Å². The zero-order valence-corrected chi connectivity index (χ0v) is 10.1. The molecule has 0 amide bonds. The summed E-state index contributed by atoms with van der Waals surface area (Å²) in [6.07, 6.45) is -0.874. The molecule has 0 aliphatic carbocycles. The van der Waals surface area contributed by atoms with Crippen molar-refractivity contribution < 1.29 is 15.0 Å². The van der Waals surface area contributed by atoms with Gasteiger partial charge in [0.2, 0.25) is 0 Å². The molecule has 0 fully saturated rings. The Balaban J connectivity index is 2.40. The highest BCUT2D eigenvalue weighted by Crippen LogP contribution is 2.30. The van der Waals surface area contributed by atoms with E-state index in [0.29, 0.717) is 4.88 Å². The average molecular weight is 248 g/mol. The lowest BCUT2D eigenvalue weighted by Crippen LogP contribution is -2.04. The lowest BCUT2D eigenvalue weighted by atomic mass is 10.0. The molecule has 1 unspecified atom stereocenters. The molecule has 1 heterocycles. The molecule has 1 aromatic heterocycles. The first kappa shape index (κ1) is 11.8. The average Bonchev–Trinajstić information content (AvgIpc) is 2.77. The van der Waals surface area contributed by atoms with Gasteiger partial charge in [-0.3, -0.25) is 0 Å². The van der Waals surface area contributed by atoms with Crippen molar-refractivity contribution in [1.82, 2.24) is 0 Å². The molecule has 0 spiro atoms. The van der Waals surface area contributed by atoms with Crippen LogP contribution < -0.4 is 0 Å². The number of aliphatic hydroxyl groups is 1. The summed E-state index contributed by atoms with van der Waals surface area (Å²) in [4.78, 5) is 11.5. The van der Waals surface area contributed by atoms with Crippen LogP contribution >= 0.6 is 11.3 Å². The number of hydrogen-bond donors (Lipinski definition) is 2. The zero-order valence-electron chi connectivity index (χ0n) is 9.25. The molecule has 17 heavy (non-hydrogen) atoms. The highest BCUT2D eigenvalue weighted by atomic mass is 32.1. The van der Waals surface area contributed by atoms with Crippen LogP contribution in [-0.4, -0.2) is 16.2 Å². The molecule has 0 bridgehead atoms. The number of thiophene rings is 1. The number of aryl methyl sites for hydroxylation is 1. The van der Waals surface area contributed by atoms with Gasteiger partial charge in [-0.25, -0.2) is 4.79 Å². The maximum Gasteiger partial charge on any atom is 0.336 e. The van der Waals surface area contributed by atoms with Crippen LogP contribution in [0.1, 0.15) is 32.5 Å². The Morgan fingerprint density at radius 1 is 1.35 bits per heavy atom. The molecule has 2 aromatic rings. The Bertz CT molecular complexity index is 545. The summed E-state index contributed by atoms with van der Waals surface area (Å²) in [5.74, 6) is -1.01. The fourth-order valence-corrected chi connectivity index (χ4v) is 2.60. The predicted molar refractivity (Wildman–Crippen MR) is 66.5 cm³/mol. The van der Waals surface area contributed by atoms with Crippen molar-refractivity contribution in [2.24, 2.45) is 0 Å². The second-order valence-electron chi connectivity index (χ2n) is 3.82. The third kappa shape index (κ3) is 2.38. The first-order valence-corrected chi connectivity index (χ1v) is 6.03. The maximum absolute atomic E-state index is 11.0. The highest BCUT2D eigenvalue weighted by Gasteiger charge is 2.19. The number of aromatic carboxylic acids is 1. The van der Waals surface area contributed by atoms with E-state index >= 15 is 0 Å². The lowest BCUT2D eigenvalue weighted by Gasteiger charge is -2.11. The van der Waals surface area contributed by atoms with Crippen molar-refractivity contribution in [3.8, 4) is 0 Å². The van der Waals surface area contributed by atoms with Crippen LogP contribution in [0.2, 0.25) is 0 Å². The molecule has 0 saturated heterocycles. The highest BCUT2D eigenvalue weighted by molar-refractivity contribution is 7.10. The number of benzene rings is 1. The quantitative estimate of drug-likeness (QED) is 0.878. The number of carboxylic acid groups (broad SMARTS) is 1. The minimum absolute atomic E-state index is 0.170. The maximum atomic E-state index is 11.0. The Morgan fingerprint density at radius 3 is 2.76 bits per heavy atom. The molecule has 0 aliphatic rings. The van der Waals surface area contributed by atoms with Crippen molar-refractivity contribution in [3.05, 3.63) is 57.3 Å². The SMILES string of the molecule is Cc1cccc(C(O)c2sccc2C(=O)O)c1. The smallest absolute Gasteiger partial charge is 0.336 e. The standard InChI is InChI=1S/C13H12O3S/c1-8-3-2-4-9(7-8)11(14)12-10(13(15)16)5-6-17-12/h2-7,11,14H,1H3,(H,15,16). The number of aliphatic hydroxyl groups excluding tert-OH is 1. The van der Waals surface area contributed by atoms with Crippen LogP contribution in [0, 0.1) is 6.92 Å². The van der Waals surface area contributed by atoms with E-state index in [4.69, 9.17) is 5.11 Å². The Kier molecular flexibility index (Phi) is 3.26. The van der Waals surface area contributed by atoms with Crippen molar-refractivity contribution in [1.29, 1.82) is 0 Å². The second kappa shape index (κ2) is 4.69. The Hall–Kier alpha value is -1.65. The number of hydrogen-bond acceptors (Lipinski definition) is 3. The second-order valence-corrected chi connectivity index (χ2v) is 4.77. The zero-order chi connectivity index (χ0) is 12.4. The van der Waals surface area contributed by atoms with E-state index in [1.165, 1.54) is 17.4 Å². The first-order valence-electron chi connectivity index (χ1n) is 5.15. The van der Waals surface area contributed by atoms with Gasteiger partial charge in [-0.15, -0.1) is 11.3 Å². The fraction of sp³-hybridized carbons (Fsp3) is 0.154. The summed E-state index contributed by atoms with van der Waals surface area (Å²) in [5.41, 5.74) is 1.92. The molecular formula is C13H12O3S. The van der Waals surface area contributed by atoms with Gasteiger partial charge in [0.1, 0.15) is 6.10 Å². The van der Waals surface area contributed by atoms with Crippen molar-refractivity contribution in [2.75, 3.05) is 0 Å². The molecule has 0 aliphatic heterocycles. The normalized spacial score (nSPS) is 12.4. The topological polar surface area (TPSA) is 57.5 Å². The monoisotopic (exact) mass is 248 g/mol. The largest absolute Gasteiger partial charge is 0.478 e. The third-order valence-corrected chi connectivity index (χ3v) is 3.50. The fourth-order valence-electron chi connectivity index (χ4n) is 1.70. The molecule has 2 N–H and O–H groups in total. The summed E-state index contributed by atoms with van der Waals surface area (Å²) >= 11 is 1.26. The Labute approximate surface area is 103 Å². The van der Waals surface area contributed by atoms with Crippen molar-refractivity contribution >= 4 is 17.3 Å². The van der Waals surface area contributed by atoms with Gasteiger partial charge in [-0.05, 0) is 23.9 Å². The van der Waals surface area contributed by atoms with E-state index in [1.807, 2.05) is 25.1 Å². The van der Waals surface area contributed by atoms with Crippen LogP contribution in [0.25, 0.3) is 0 Å². The summed E-state index contributed by atoms with van der Waals surface area (Å²) in [6, 6.07) is 8.95. The van der Waals surface area contributed by atoms with Gasteiger partial charge >= 0.3 is 5.97 Å². The minimum atomic E-state index is -1.01. The minimum Gasteiger partial charge on any atom is -0.478 e. The molecular weight excluding hydrogens is 236 g/mol. The summed E-state index contributed by atoms with van der Waals surface area (Å²) in [6.45, 7) is 1.93. The van der Waals surface area contributed by atoms with Gasteiger partial charge in [0.25, 0.3) is 0 Å². The van der Waals surface area contributed by atoms with Crippen molar-refractivity contribution in [2.45, 2.75) is 13.0 Å². The van der Waals surface area contributed by atoms with E-state index in [1.54, 1.807) is 11.4 Å². The molecule has 3 nitrogen and oxygen atoms in total. The third-order valence-electron chi connectivity index (χ3n) is 2.53. The molecule has 1 atom stereocenters. The number of carbonyl (C=O) groups is 1. The van der Waals surface area contributed by atoms with Crippen LogP contribution in [0.5, 0.6) is 0 Å². The molecule has 4 heteroatoms. The van der Waals surface area contributed by atoms with Gasteiger partial charge in [-0.1, -0.05) is 29.8 Å². The predicted octanol–water partition coefficient (Wildman–Crippen LogP) is 2.84. The molecule has 0 radical (unpaired) electrons. The van der Waals surface area contributed by atoms with Crippen molar-refractivity contribution in [3.63, 3.8) is 0 Å². The molecule has 1 aromatic carbocycles. The van der Waals surface area contributed by atoms with Gasteiger partial charge in [0.15, 0.2) is 0 Å². The van der Waals surface area contributed by atoms with E-state index in [0.717, 1.165) is 11.1 Å². The Morgan fingerprint density at radius 2 is 2.12 bits per heavy atom. The van der Waals surface area contributed by atoms with Gasteiger partial charge < -0.3 is 10.2 Å². The van der Waals surface area contributed by atoms with Crippen LogP contribution in [0.4, 0.5) is 0 Å². The van der Waals surface area contributed by atoms with Crippen LogP contribution in [0.15, 0.2) is 35.7 Å². The molecule has 2 rings (SSSR count). The van der Waals surface area contributed by atoms with Gasteiger partial charge in [0.05, 0.1) is 10.4 Å². The summed E-state index contributed by atoms with van der Waals surface area (Å²) < 4.78 is 0. The lowest BCUT2D eigenvalue weighted by molar-refractivity contribution is 0.0692. The van der Waals surface area contributed by atoms with E-state index in [-0.39, 0.29) is 5.56 Å². The number of rotatable bonds is 3. The summed E-state index contributed by atoms with van der Waals surface area (Å²) in [5, 5.41) is 20.9. The van der Waals surface area contributed by atoms with Crippen LogP contribution in [-0.2, 0) is 0 Å². The molecule has 0 saturated carbocycles. The summed E-state index contributed by atoms with van der Waals surface area (Å²) in [7, 11) is 0.